The molecule has 150 valence electrons. The monoisotopic (exact) mass is 442 g/mol. The van der Waals surface area contributed by atoms with E-state index in [1.807, 2.05) is 0 Å². The summed E-state index contributed by atoms with van der Waals surface area (Å²) < 4.78 is 30.2. The molecule has 0 unspecified atom stereocenters. The molecular weight excluding hydrogens is 424 g/mol. The molecule has 2 aromatic rings. The molecule has 1 aliphatic rings. The van der Waals surface area contributed by atoms with Gasteiger partial charge in [-0.1, -0.05) is 23.7 Å². The maximum atomic E-state index is 12.6. The normalized spacial score (nSPS) is 13.1. The molecule has 1 aromatic heterocycles. The highest BCUT2D eigenvalue weighted by atomic mass is 35.5. The van der Waals surface area contributed by atoms with Crippen molar-refractivity contribution in [3.05, 3.63) is 45.3 Å². The number of thiophene rings is 1. The summed E-state index contributed by atoms with van der Waals surface area (Å²) in [7, 11) is -2.47. The number of amides is 1. The van der Waals surface area contributed by atoms with E-state index in [-0.39, 0.29) is 10.7 Å². The fourth-order valence-corrected chi connectivity index (χ4v) is 5.59. The van der Waals surface area contributed by atoms with E-state index in [4.69, 9.17) is 16.3 Å². The van der Waals surface area contributed by atoms with Crippen molar-refractivity contribution in [2.45, 2.75) is 19.3 Å². The van der Waals surface area contributed by atoms with Crippen LogP contribution in [0.5, 0.6) is 0 Å². The minimum atomic E-state index is -3.76. The van der Waals surface area contributed by atoms with E-state index in [1.54, 1.807) is 18.2 Å². The SMILES string of the molecule is COC(=O)c1c(NC(=O)CN(c2ccccc2Cl)S(C)(=O)=O)sc2c1CCC2. The predicted molar refractivity (Wildman–Crippen MR) is 110 cm³/mol. The standard InChI is InChI=1S/C18H19ClN2O5S2/c1-26-18(23)16-11-6-5-9-14(11)27-17(16)20-15(22)10-21(28(2,24)25)13-8-4-3-7-12(13)19/h3-4,7-8H,5-6,9-10H2,1-2H3,(H,20,22). The Hall–Kier alpha value is -2.10. The van der Waals surface area contributed by atoms with Gasteiger partial charge in [0.25, 0.3) is 0 Å². The molecule has 10 heteroatoms. The Balaban J connectivity index is 1.87. The first-order valence-electron chi connectivity index (χ1n) is 8.47. The summed E-state index contributed by atoms with van der Waals surface area (Å²) in [5, 5.41) is 3.27. The van der Waals surface area contributed by atoms with Crippen LogP contribution in [0.1, 0.15) is 27.2 Å². The van der Waals surface area contributed by atoms with Gasteiger partial charge in [-0.05, 0) is 37.0 Å². The van der Waals surface area contributed by atoms with Crippen LogP contribution in [0.2, 0.25) is 5.02 Å². The second-order valence-corrected chi connectivity index (χ2v) is 9.74. The van der Waals surface area contributed by atoms with Crippen molar-refractivity contribution in [2.75, 3.05) is 29.5 Å². The summed E-state index contributed by atoms with van der Waals surface area (Å²) in [5.74, 6) is -1.09. The van der Waals surface area contributed by atoms with Crippen molar-refractivity contribution < 1.29 is 22.7 Å². The molecule has 0 saturated heterocycles. The van der Waals surface area contributed by atoms with Gasteiger partial charge in [0.1, 0.15) is 11.5 Å². The third-order valence-electron chi connectivity index (χ3n) is 4.37. The van der Waals surface area contributed by atoms with E-state index in [1.165, 1.54) is 24.5 Å². The van der Waals surface area contributed by atoms with Gasteiger partial charge < -0.3 is 10.1 Å². The smallest absolute Gasteiger partial charge is 0.341 e. The van der Waals surface area contributed by atoms with Gasteiger partial charge in [-0.25, -0.2) is 13.2 Å². The van der Waals surface area contributed by atoms with Crippen molar-refractivity contribution in [3.63, 3.8) is 0 Å². The largest absolute Gasteiger partial charge is 0.465 e. The van der Waals surface area contributed by atoms with Crippen LogP contribution in [0.25, 0.3) is 0 Å². The minimum Gasteiger partial charge on any atom is -0.465 e. The van der Waals surface area contributed by atoms with E-state index in [2.05, 4.69) is 5.32 Å². The van der Waals surface area contributed by atoms with Crippen molar-refractivity contribution in [1.82, 2.24) is 0 Å². The first kappa shape index (κ1) is 20.6. The summed E-state index contributed by atoms with van der Waals surface area (Å²) in [6.45, 7) is -0.467. The van der Waals surface area contributed by atoms with Crippen LogP contribution in [0.4, 0.5) is 10.7 Å². The number of rotatable bonds is 6. The Bertz CT molecular complexity index is 1030. The fraction of sp³-hybridized carbons (Fsp3) is 0.333. The molecule has 7 nitrogen and oxygen atoms in total. The topological polar surface area (TPSA) is 92.8 Å². The number of esters is 1. The number of anilines is 2. The summed E-state index contributed by atoms with van der Waals surface area (Å²) in [4.78, 5) is 25.9. The summed E-state index contributed by atoms with van der Waals surface area (Å²) in [6, 6.07) is 6.38. The van der Waals surface area contributed by atoms with E-state index >= 15 is 0 Å². The first-order chi connectivity index (χ1) is 13.2. The Labute approximate surface area is 172 Å². The third kappa shape index (κ3) is 4.16. The number of nitrogens with zero attached hydrogens (tertiary/aromatic N) is 1. The van der Waals surface area contributed by atoms with Crippen molar-refractivity contribution in [2.24, 2.45) is 0 Å². The number of benzene rings is 1. The predicted octanol–water partition coefficient (Wildman–Crippen LogP) is 3.08. The second-order valence-electron chi connectivity index (χ2n) is 6.32. The number of carbonyl (C=O) groups is 2. The molecule has 0 aliphatic heterocycles. The average Bonchev–Trinajstić information content (AvgIpc) is 3.19. The Morgan fingerprint density at radius 2 is 2.00 bits per heavy atom. The van der Waals surface area contributed by atoms with E-state index in [0.717, 1.165) is 40.3 Å². The molecule has 0 fully saturated rings. The van der Waals surface area contributed by atoms with Gasteiger partial charge in [0.05, 0.1) is 29.6 Å². The van der Waals surface area contributed by atoms with Gasteiger partial charge in [0.15, 0.2) is 0 Å². The number of hydrogen-bond acceptors (Lipinski definition) is 6. The Morgan fingerprint density at radius 1 is 1.29 bits per heavy atom. The van der Waals surface area contributed by atoms with Crippen molar-refractivity contribution in [1.29, 1.82) is 0 Å². The molecule has 0 bridgehead atoms. The van der Waals surface area contributed by atoms with E-state index in [0.29, 0.717) is 10.6 Å². The summed E-state index contributed by atoms with van der Waals surface area (Å²) in [6.07, 6.45) is 3.55. The van der Waals surface area contributed by atoms with Gasteiger partial charge in [-0.15, -0.1) is 11.3 Å². The lowest BCUT2D eigenvalue weighted by atomic mass is 10.1. The Kier molecular flexibility index (Phi) is 5.97. The summed E-state index contributed by atoms with van der Waals surface area (Å²) in [5.41, 5.74) is 1.47. The number of aryl methyl sites for hydroxylation is 1. The molecule has 1 heterocycles. The fourth-order valence-electron chi connectivity index (χ4n) is 3.14. The maximum absolute atomic E-state index is 12.6. The van der Waals surface area contributed by atoms with Gasteiger partial charge in [0.2, 0.25) is 15.9 Å². The number of nitrogens with one attached hydrogen (secondary N) is 1. The summed E-state index contributed by atoms with van der Waals surface area (Å²) >= 11 is 7.44. The highest BCUT2D eigenvalue weighted by molar-refractivity contribution is 7.92. The lowest BCUT2D eigenvalue weighted by Crippen LogP contribution is -2.37. The molecule has 1 aliphatic carbocycles. The van der Waals surface area contributed by atoms with Gasteiger partial charge >= 0.3 is 5.97 Å². The van der Waals surface area contributed by atoms with Crippen LogP contribution in [0.15, 0.2) is 24.3 Å². The second kappa shape index (κ2) is 8.10. The van der Waals surface area contributed by atoms with Crippen LogP contribution >= 0.6 is 22.9 Å². The third-order valence-corrected chi connectivity index (χ3v) is 7.03. The first-order valence-corrected chi connectivity index (χ1v) is 11.5. The zero-order chi connectivity index (χ0) is 20.5. The number of fused-ring (bicyclic) bond motifs is 1. The number of sulfonamides is 1. The molecule has 1 aromatic carbocycles. The average molecular weight is 443 g/mol. The molecule has 1 amide bonds. The number of ether oxygens (including phenoxy) is 1. The molecule has 1 N–H and O–H groups in total. The van der Waals surface area contributed by atoms with Crippen LogP contribution in [-0.2, 0) is 32.4 Å². The molecule has 0 atom stereocenters. The number of methoxy groups -OCH3 is 1. The highest BCUT2D eigenvalue weighted by Gasteiger charge is 2.29. The van der Waals surface area contributed by atoms with Gasteiger partial charge in [0, 0.05) is 4.88 Å². The number of carbonyl (C=O) groups excluding carboxylic acids is 2. The minimum absolute atomic E-state index is 0.212. The lowest BCUT2D eigenvalue weighted by Gasteiger charge is -2.22. The lowest BCUT2D eigenvalue weighted by molar-refractivity contribution is -0.114. The van der Waals surface area contributed by atoms with E-state index in [9.17, 15) is 18.0 Å². The molecule has 28 heavy (non-hydrogen) atoms. The molecular formula is C18H19ClN2O5S2. The number of hydrogen-bond donors (Lipinski definition) is 1. The molecule has 0 saturated carbocycles. The highest BCUT2D eigenvalue weighted by Crippen LogP contribution is 2.39. The molecule has 3 rings (SSSR count). The zero-order valence-electron chi connectivity index (χ0n) is 15.3. The number of halogens is 1. The van der Waals surface area contributed by atoms with Crippen LogP contribution in [-0.4, -0.2) is 40.2 Å². The van der Waals surface area contributed by atoms with Crippen molar-refractivity contribution >= 4 is 55.5 Å². The van der Waals surface area contributed by atoms with Gasteiger partial charge in [-0.3, -0.25) is 9.10 Å². The van der Waals surface area contributed by atoms with E-state index < -0.39 is 28.4 Å². The quantitative estimate of drug-likeness (QED) is 0.694. The van der Waals surface area contributed by atoms with Gasteiger partial charge in [-0.2, -0.15) is 0 Å². The zero-order valence-corrected chi connectivity index (χ0v) is 17.7. The molecule has 0 spiro atoms. The van der Waals surface area contributed by atoms with Crippen molar-refractivity contribution in [3.8, 4) is 0 Å². The molecule has 0 radical (unpaired) electrons. The van der Waals surface area contributed by atoms with Crippen LogP contribution < -0.4 is 9.62 Å². The van der Waals surface area contributed by atoms with Crippen LogP contribution in [0.3, 0.4) is 0 Å². The van der Waals surface area contributed by atoms with Crippen LogP contribution in [0, 0.1) is 0 Å². The Morgan fingerprint density at radius 3 is 2.64 bits per heavy atom. The maximum Gasteiger partial charge on any atom is 0.341 e. The number of para-hydroxylation sites is 1.